The van der Waals surface area contributed by atoms with E-state index in [1.54, 1.807) is 0 Å². The highest BCUT2D eigenvalue weighted by Gasteiger charge is 2.30. The van der Waals surface area contributed by atoms with Crippen LogP contribution in [0.3, 0.4) is 0 Å². The molecule has 1 unspecified atom stereocenters. The summed E-state index contributed by atoms with van der Waals surface area (Å²) >= 11 is 0. The van der Waals surface area contributed by atoms with Crippen LogP contribution in [0.5, 0.6) is 0 Å². The number of hydrogen-bond donors (Lipinski definition) is 1. The molecule has 3 nitrogen and oxygen atoms in total. The molecular formula is C18H26ClFN2O. The van der Waals surface area contributed by atoms with Gasteiger partial charge in [-0.2, -0.15) is 0 Å². The van der Waals surface area contributed by atoms with Crippen molar-refractivity contribution in [3.05, 3.63) is 35.6 Å². The van der Waals surface area contributed by atoms with E-state index in [9.17, 15) is 9.18 Å². The maximum absolute atomic E-state index is 13.1. The highest BCUT2D eigenvalue weighted by molar-refractivity contribution is 5.85. The Balaban J connectivity index is 0.00000192. The zero-order valence-electron chi connectivity index (χ0n) is 13.5. The van der Waals surface area contributed by atoms with E-state index in [0.717, 1.165) is 44.5 Å². The standard InChI is InChI=1S/C18H25FN2O.ClH/c19-16-6-4-15(5-7-16)17-2-1-13-21(17)18(22)8-3-14-9-11-20-12-10-14;/h4-7,14,17,20H,1-3,8-13H2;1H. The second-order valence-electron chi connectivity index (χ2n) is 6.53. The number of halogens is 2. The second-order valence-corrected chi connectivity index (χ2v) is 6.53. The molecule has 3 rings (SSSR count). The summed E-state index contributed by atoms with van der Waals surface area (Å²) in [5, 5.41) is 3.36. The molecule has 2 saturated heterocycles. The topological polar surface area (TPSA) is 32.3 Å². The minimum atomic E-state index is -0.217. The molecule has 5 heteroatoms. The van der Waals surface area contributed by atoms with Crippen molar-refractivity contribution in [3.63, 3.8) is 0 Å². The number of benzene rings is 1. The van der Waals surface area contributed by atoms with Crippen LogP contribution in [0.15, 0.2) is 24.3 Å². The van der Waals surface area contributed by atoms with Crippen LogP contribution in [0, 0.1) is 11.7 Å². The van der Waals surface area contributed by atoms with Crippen LogP contribution < -0.4 is 5.32 Å². The molecule has 2 aliphatic rings. The molecule has 1 aromatic rings. The van der Waals surface area contributed by atoms with Crippen molar-refractivity contribution in [1.82, 2.24) is 10.2 Å². The monoisotopic (exact) mass is 340 g/mol. The number of nitrogens with one attached hydrogen (secondary N) is 1. The van der Waals surface area contributed by atoms with Gasteiger partial charge in [0.2, 0.25) is 5.91 Å². The lowest BCUT2D eigenvalue weighted by Gasteiger charge is -2.27. The molecule has 0 spiro atoms. The zero-order valence-corrected chi connectivity index (χ0v) is 14.3. The molecule has 0 bridgehead atoms. The first-order valence-corrected chi connectivity index (χ1v) is 8.49. The number of carbonyl (C=O) groups is 1. The SMILES string of the molecule is Cl.O=C(CCC1CCNCC1)N1CCCC1c1ccc(F)cc1. The average molecular weight is 341 g/mol. The molecule has 23 heavy (non-hydrogen) atoms. The third kappa shape index (κ3) is 4.67. The number of amides is 1. The van der Waals surface area contributed by atoms with E-state index in [0.29, 0.717) is 12.3 Å². The Morgan fingerprint density at radius 3 is 2.57 bits per heavy atom. The first kappa shape index (κ1) is 18.2. The summed E-state index contributed by atoms with van der Waals surface area (Å²) in [6, 6.07) is 6.76. The van der Waals surface area contributed by atoms with Crippen molar-refractivity contribution < 1.29 is 9.18 Å². The predicted molar refractivity (Wildman–Crippen MR) is 92.2 cm³/mol. The van der Waals surface area contributed by atoms with Gasteiger partial charge in [-0.15, -0.1) is 12.4 Å². The average Bonchev–Trinajstić information content (AvgIpc) is 3.04. The largest absolute Gasteiger partial charge is 0.336 e. The second kappa shape index (κ2) is 8.65. The molecule has 1 amide bonds. The van der Waals surface area contributed by atoms with Gasteiger partial charge in [0.1, 0.15) is 5.82 Å². The lowest BCUT2D eigenvalue weighted by molar-refractivity contribution is -0.132. The third-order valence-corrected chi connectivity index (χ3v) is 5.05. The van der Waals surface area contributed by atoms with E-state index in [4.69, 9.17) is 0 Å². The minimum absolute atomic E-state index is 0. The van der Waals surface area contributed by atoms with E-state index >= 15 is 0 Å². The maximum Gasteiger partial charge on any atom is 0.223 e. The van der Waals surface area contributed by atoms with Crippen molar-refractivity contribution in [3.8, 4) is 0 Å². The van der Waals surface area contributed by atoms with Crippen LogP contribution in [0.4, 0.5) is 4.39 Å². The summed E-state index contributed by atoms with van der Waals surface area (Å²) in [4.78, 5) is 14.6. The van der Waals surface area contributed by atoms with Crippen LogP contribution in [0.2, 0.25) is 0 Å². The predicted octanol–water partition coefficient (Wildman–Crippen LogP) is 3.69. The first-order valence-electron chi connectivity index (χ1n) is 8.49. The fourth-order valence-electron chi connectivity index (χ4n) is 3.74. The van der Waals surface area contributed by atoms with Gasteiger partial charge >= 0.3 is 0 Å². The Kier molecular flexibility index (Phi) is 6.85. The molecule has 1 atom stereocenters. The summed E-state index contributed by atoms with van der Waals surface area (Å²) in [6.45, 7) is 3.01. The van der Waals surface area contributed by atoms with Gasteiger partial charge in [0, 0.05) is 13.0 Å². The quantitative estimate of drug-likeness (QED) is 0.906. The van der Waals surface area contributed by atoms with Crippen LogP contribution >= 0.6 is 12.4 Å². The molecule has 0 radical (unpaired) electrons. The number of hydrogen-bond acceptors (Lipinski definition) is 2. The van der Waals surface area contributed by atoms with Crippen LogP contribution in [-0.4, -0.2) is 30.4 Å². The van der Waals surface area contributed by atoms with Gasteiger partial charge in [0.15, 0.2) is 0 Å². The van der Waals surface area contributed by atoms with E-state index in [2.05, 4.69) is 5.32 Å². The number of carbonyl (C=O) groups excluding carboxylic acids is 1. The third-order valence-electron chi connectivity index (χ3n) is 5.05. The molecule has 1 aromatic carbocycles. The number of nitrogens with zero attached hydrogens (tertiary/aromatic N) is 1. The van der Waals surface area contributed by atoms with Gasteiger partial charge in [-0.25, -0.2) is 4.39 Å². The molecule has 2 fully saturated rings. The Hall–Kier alpha value is -1.13. The van der Waals surface area contributed by atoms with Crippen molar-refractivity contribution >= 4 is 18.3 Å². The molecular weight excluding hydrogens is 315 g/mol. The van der Waals surface area contributed by atoms with Crippen molar-refractivity contribution in [1.29, 1.82) is 0 Å². The zero-order chi connectivity index (χ0) is 15.4. The summed E-state index contributed by atoms with van der Waals surface area (Å²) in [7, 11) is 0. The molecule has 1 N–H and O–H groups in total. The Morgan fingerprint density at radius 2 is 1.87 bits per heavy atom. The van der Waals surface area contributed by atoms with Crippen LogP contribution in [0.25, 0.3) is 0 Å². The highest BCUT2D eigenvalue weighted by atomic mass is 35.5. The van der Waals surface area contributed by atoms with Crippen LogP contribution in [0.1, 0.15) is 50.1 Å². The number of piperidine rings is 1. The van der Waals surface area contributed by atoms with Gasteiger partial charge in [-0.05, 0) is 68.8 Å². The molecule has 2 aliphatic heterocycles. The van der Waals surface area contributed by atoms with Gasteiger partial charge in [-0.1, -0.05) is 12.1 Å². The van der Waals surface area contributed by atoms with Gasteiger partial charge in [0.25, 0.3) is 0 Å². The fraction of sp³-hybridized carbons (Fsp3) is 0.611. The van der Waals surface area contributed by atoms with Crippen molar-refractivity contribution in [2.75, 3.05) is 19.6 Å². The number of rotatable bonds is 4. The summed E-state index contributed by atoms with van der Waals surface area (Å²) in [5.74, 6) is 0.743. The van der Waals surface area contributed by atoms with E-state index in [-0.39, 0.29) is 30.2 Å². The minimum Gasteiger partial charge on any atom is -0.336 e. The normalized spacial score (nSPS) is 22.0. The van der Waals surface area contributed by atoms with Crippen molar-refractivity contribution in [2.24, 2.45) is 5.92 Å². The molecule has 128 valence electrons. The van der Waals surface area contributed by atoms with Gasteiger partial charge < -0.3 is 10.2 Å². The molecule has 2 heterocycles. The smallest absolute Gasteiger partial charge is 0.223 e. The van der Waals surface area contributed by atoms with E-state index < -0.39 is 0 Å². The van der Waals surface area contributed by atoms with Gasteiger partial charge in [0.05, 0.1) is 6.04 Å². The highest BCUT2D eigenvalue weighted by Crippen LogP contribution is 2.33. The first-order chi connectivity index (χ1) is 10.7. The fourth-order valence-corrected chi connectivity index (χ4v) is 3.74. The maximum atomic E-state index is 13.1. The summed E-state index contributed by atoms with van der Waals surface area (Å²) in [5.41, 5.74) is 1.06. The Morgan fingerprint density at radius 1 is 1.17 bits per heavy atom. The Labute approximate surface area is 144 Å². The summed E-state index contributed by atoms with van der Waals surface area (Å²) in [6.07, 6.45) is 6.07. The van der Waals surface area contributed by atoms with E-state index in [1.807, 2.05) is 17.0 Å². The summed E-state index contributed by atoms with van der Waals surface area (Å²) < 4.78 is 13.1. The lowest BCUT2D eigenvalue weighted by Crippen LogP contribution is -2.32. The van der Waals surface area contributed by atoms with E-state index in [1.165, 1.54) is 25.0 Å². The Bertz CT molecular complexity index is 502. The number of likely N-dealkylation sites (tertiary alicyclic amines) is 1. The van der Waals surface area contributed by atoms with Crippen LogP contribution in [-0.2, 0) is 4.79 Å². The van der Waals surface area contributed by atoms with Gasteiger partial charge in [-0.3, -0.25) is 4.79 Å². The lowest BCUT2D eigenvalue weighted by atomic mass is 9.93. The molecule has 0 aromatic heterocycles. The van der Waals surface area contributed by atoms with Crippen molar-refractivity contribution in [2.45, 2.75) is 44.6 Å². The molecule has 0 aliphatic carbocycles. The molecule has 0 saturated carbocycles.